The van der Waals surface area contributed by atoms with E-state index in [9.17, 15) is 13.6 Å². The SMILES string of the molecule is CCC(CC)C(=O)N1CCN(c2ccc(F)c(F)c2)CC1. The first-order valence-electron chi connectivity index (χ1n) is 7.55. The van der Waals surface area contributed by atoms with Crippen molar-refractivity contribution in [2.45, 2.75) is 26.7 Å². The fourth-order valence-electron chi connectivity index (χ4n) is 2.76. The number of carbonyl (C=O) groups is 1. The van der Waals surface area contributed by atoms with Gasteiger partial charge in [0.1, 0.15) is 0 Å². The van der Waals surface area contributed by atoms with E-state index in [1.807, 2.05) is 23.6 Å². The number of halogens is 2. The fourth-order valence-corrected chi connectivity index (χ4v) is 2.76. The summed E-state index contributed by atoms with van der Waals surface area (Å²) >= 11 is 0. The third kappa shape index (κ3) is 3.52. The maximum atomic E-state index is 13.3. The van der Waals surface area contributed by atoms with Crippen LogP contribution in [-0.4, -0.2) is 37.0 Å². The molecule has 0 spiro atoms. The summed E-state index contributed by atoms with van der Waals surface area (Å²) in [4.78, 5) is 16.2. The Labute approximate surface area is 124 Å². The molecule has 1 aromatic rings. The predicted molar refractivity (Wildman–Crippen MR) is 79.2 cm³/mol. The first-order valence-corrected chi connectivity index (χ1v) is 7.55. The molecule has 1 aliphatic rings. The minimum Gasteiger partial charge on any atom is -0.368 e. The van der Waals surface area contributed by atoms with E-state index >= 15 is 0 Å². The van der Waals surface area contributed by atoms with Gasteiger partial charge in [-0.05, 0) is 25.0 Å². The first kappa shape index (κ1) is 15.7. The summed E-state index contributed by atoms with van der Waals surface area (Å²) in [5.74, 6) is -1.35. The van der Waals surface area contributed by atoms with Gasteiger partial charge in [-0.2, -0.15) is 0 Å². The molecule has 5 heteroatoms. The molecule has 0 aromatic heterocycles. The zero-order valence-corrected chi connectivity index (χ0v) is 12.6. The van der Waals surface area contributed by atoms with Crippen LogP contribution in [0.1, 0.15) is 26.7 Å². The van der Waals surface area contributed by atoms with Crippen LogP contribution < -0.4 is 4.90 Å². The molecular formula is C16H22F2N2O. The normalized spacial score (nSPS) is 15.7. The van der Waals surface area contributed by atoms with Gasteiger partial charge >= 0.3 is 0 Å². The zero-order chi connectivity index (χ0) is 15.4. The topological polar surface area (TPSA) is 23.6 Å². The molecule has 0 bridgehead atoms. The first-order chi connectivity index (χ1) is 10.1. The number of carbonyl (C=O) groups excluding carboxylic acids is 1. The number of nitrogens with zero attached hydrogens (tertiary/aromatic N) is 2. The Morgan fingerprint density at radius 2 is 1.71 bits per heavy atom. The second-order valence-corrected chi connectivity index (χ2v) is 5.42. The van der Waals surface area contributed by atoms with Crippen molar-refractivity contribution in [2.24, 2.45) is 5.92 Å². The number of anilines is 1. The van der Waals surface area contributed by atoms with Crippen molar-refractivity contribution in [2.75, 3.05) is 31.1 Å². The second-order valence-electron chi connectivity index (χ2n) is 5.42. The van der Waals surface area contributed by atoms with Crippen molar-refractivity contribution in [3.05, 3.63) is 29.8 Å². The molecular weight excluding hydrogens is 274 g/mol. The third-order valence-electron chi connectivity index (χ3n) is 4.19. The molecule has 1 saturated heterocycles. The van der Waals surface area contributed by atoms with Crippen molar-refractivity contribution < 1.29 is 13.6 Å². The van der Waals surface area contributed by atoms with E-state index in [2.05, 4.69) is 0 Å². The summed E-state index contributed by atoms with van der Waals surface area (Å²) in [5.41, 5.74) is 0.670. The smallest absolute Gasteiger partial charge is 0.225 e. The molecule has 0 aliphatic carbocycles. The Kier molecular flexibility index (Phi) is 5.15. The minimum absolute atomic E-state index is 0.0971. The average molecular weight is 296 g/mol. The Hall–Kier alpha value is -1.65. The van der Waals surface area contributed by atoms with Gasteiger partial charge in [0, 0.05) is 43.9 Å². The highest BCUT2D eigenvalue weighted by Gasteiger charge is 2.25. The number of hydrogen-bond donors (Lipinski definition) is 0. The van der Waals surface area contributed by atoms with Crippen molar-refractivity contribution in [3.63, 3.8) is 0 Å². The van der Waals surface area contributed by atoms with E-state index in [0.717, 1.165) is 18.9 Å². The molecule has 1 fully saturated rings. The molecule has 0 atom stereocenters. The van der Waals surface area contributed by atoms with Crippen LogP contribution in [-0.2, 0) is 4.79 Å². The molecule has 2 rings (SSSR count). The van der Waals surface area contributed by atoms with Crippen molar-refractivity contribution in [3.8, 4) is 0 Å². The van der Waals surface area contributed by atoms with E-state index in [-0.39, 0.29) is 11.8 Å². The minimum atomic E-state index is -0.832. The highest BCUT2D eigenvalue weighted by Crippen LogP contribution is 2.21. The molecule has 3 nitrogen and oxygen atoms in total. The Morgan fingerprint density at radius 3 is 2.24 bits per heavy atom. The lowest BCUT2D eigenvalue weighted by Crippen LogP contribution is -2.50. The number of hydrogen-bond acceptors (Lipinski definition) is 2. The second kappa shape index (κ2) is 6.87. The molecule has 0 unspecified atom stereocenters. The van der Waals surface area contributed by atoms with Crippen LogP contribution in [0.5, 0.6) is 0 Å². The van der Waals surface area contributed by atoms with Gasteiger partial charge in [0.05, 0.1) is 0 Å². The highest BCUT2D eigenvalue weighted by molar-refractivity contribution is 5.79. The van der Waals surface area contributed by atoms with E-state index in [0.29, 0.717) is 31.9 Å². The summed E-state index contributed by atoms with van der Waals surface area (Å²) in [6, 6.07) is 3.94. The van der Waals surface area contributed by atoms with E-state index in [4.69, 9.17) is 0 Å². The number of benzene rings is 1. The van der Waals surface area contributed by atoms with Crippen molar-refractivity contribution >= 4 is 11.6 Å². The largest absolute Gasteiger partial charge is 0.368 e. The van der Waals surface area contributed by atoms with Gasteiger partial charge in [-0.1, -0.05) is 13.8 Å². The molecule has 1 amide bonds. The standard InChI is InChI=1S/C16H22F2N2O/c1-3-12(4-2)16(21)20-9-7-19(8-10-20)13-5-6-14(17)15(18)11-13/h5-6,11-12H,3-4,7-10H2,1-2H3. The summed E-state index contributed by atoms with van der Waals surface area (Å²) in [6.45, 7) is 6.63. The Balaban J connectivity index is 1.96. The quantitative estimate of drug-likeness (QED) is 0.852. The van der Waals surface area contributed by atoms with E-state index in [1.54, 1.807) is 6.07 Å². The van der Waals surface area contributed by atoms with Crippen LogP contribution in [0.3, 0.4) is 0 Å². The van der Waals surface area contributed by atoms with Crippen molar-refractivity contribution in [1.82, 2.24) is 4.90 Å². The van der Waals surface area contributed by atoms with Crippen LogP contribution in [0.15, 0.2) is 18.2 Å². The summed E-state index contributed by atoms with van der Waals surface area (Å²) in [7, 11) is 0. The lowest BCUT2D eigenvalue weighted by Gasteiger charge is -2.37. The molecule has 1 aromatic carbocycles. The van der Waals surface area contributed by atoms with Gasteiger partial charge in [0.15, 0.2) is 11.6 Å². The highest BCUT2D eigenvalue weighted by atomic mass is 19.2. The molecule has 21 heavy (non-hydrogen) atoms. The molecule has 0 radical (unpaired) electrons. The predicted octanol–water partition coefficient (Wildman–Crippen LogP) is 3.05. The third-order valence-corrected chi connectivity index (χ3v) is 4.19. The Bertz CT molecular complexity index is 495. The van der Waals surface area contributed by atoms with E-state index < -0.39 is 11.6 Å². The van der Waals surface area contributed by atoms with Gasteiger partial charge in [0.25, 0.3) is 0 Å². The molecule has 116 valence electrons. The average Bonchev–Trinajstić information content (AvgIpc) is 2.51. The van der Waals surface area contributed by atoms with Crippen LogP contribution in [0, 0.1) is 17.6 Å². The lowest BCUT2D eigenvalue weighted by molar-refractivity contribution is -0.136. The number of rotatable bonds is 4. The van der Waals surface area contributed by atoms with Crippen LogP contribution in [0.4, 0.5) is 14.5 Å². The van der Waals surface area contributed by atoms with Gasteiger partial charge in [-0.25, -0.2) is 8.78 Å². The van der Waals surface area contributed by atoms with Gasteiger partial charge in [-0.15, -0.1) is 0 Å². The molecule has 0 saturated carbocycles. The summed E-state index contributed by atoms with van der Waals surface area (Å²) in [5, 5.41) is 0. The summed E-state index contributed by atoms with van der Waals surface area (Å²) < 4.78 is 26.2. The fraction of sp³-hybridized carbons (Fsp3) is 0.562. The maximum Gasteiger partial charge on any atom is 0.225 e. The van der Waals surface area contributed by atoms with Crippen molar-refractivity contribution in [1.29, 1.82) is 0 Å². The van der Waals surface area contributed by atoms with Gasteiger partial charge < -0.3 is 9.80 Å². The van der Waals surface area contributed by atoms with Gasteiger partial charge in [-0.3, -0.25) is 4.79 Å². The molecule has 0 N–H and O–H groups in total. The number of amides is 1. The molecule has 1 aliphatic heterocycles. The van der Waals surface area contributed by atoms with Gasteiger partial charge in [0.2, 0.25) is 5.91 Å². The zero-order valence-electron chi connectivity index (χ0n) is 12.6. The van der Waals surface area contributed by atoms with Crippen LogP contribution in [0.25, 0.3) is 0 Å². The van der Waals surface area contributed by atoms with Crippen LogP contribution in [0.2, 0.25) is 0 Å². The lowest BCUT2D eigenvalue weighted by atomic mass is 10.0. The summed E-state index contributed by atoms with van der Waals surface area (Å²) in [6.07, 6.45) is 1.72. The van der Waals surface area contributed by atoms with Crippen LogP contribution >= 0.6 is 0 Å². The van der Waals surface area contributed by atoms with E-state index in [1.165, 1.54) is 6.07 Å². The Morgan fingerprint density at radius 1 is 1.10 bits per heavy atom. The maximum absolute atomic E-state index is 13.3. The monoisotopic (exact) mass is 296 g/mol. The number of piperazine rings is 1. The molecule has 1 heterocycles.